The molecule has 0 spiro atoms. The number of nitrogens with one attached hydrogen (secondary N) is 1. The Morgan fingerprint density at radius 2 is 1.58 bits per heavy atom. The number of sulfonamides is 1. The van der Waals surface area contributed by atoms with Gasteiger partial charge < -0.3 is 10.2 Å². The van der Waals surface area contributed by atoms with E-state index in [0.717, 1.165) is 10.4 Å². The Morgan fingerprint density at radius 1 is 0.972 bits per heavy atom. The largest absolute Gasteiger partial charge is 0.357 e. The highest BCUT2D eigenvalue weighted by molar-refractivity contribution is 7.92. The van der Waals surface area contributed by atoms with Gasteiger partial charge in [-0.05, 0) is 42.3 Å². The predicted octanol–water partition coefficient (Wildman–Crippen LogP) is 4.23. The molecule has 0 aromatic heterocycles. The normalized spacial score (nSPS) is 12.0. The van der Waals surface area contributed by atoms with Crippen molar-refractivity contribution in [3.05, 3.63) is 95.3 Å². The molecule has 0 unspecified atom stereocenters. The first-order chi connectivity index (χ1) is 17.2. The first-order valence-electron chi connectivity index (χ1n) is 11.3. The van der Waals surface area contributed by atoms with Gasteiger partial charge in [0.1, 0.15) is 18.4 Å². The van der Waals surface area contributed by atoms with Gasteiger partial charge in [0.15, 0.2) is 0 Å². The Hall–Kier alpha value is -3.43. The molecule has 0 aliphatic carbocycles. The molecule has 3 aromatic carbocycles. The van der Waals surface area contributed by atoms with Crippen LogP contribution in [-0.2, 0) is 26.2 Å². The molecule has 0 saturated heterocycles. The number of nitrogens with zero attached hydrogens (tertiary/aromatic N) is 2. The molecule has 0 bridgehead atoms. The van der Waals surface area contributed by atoms with Gasteiger partial charge in [-0.3, -0.25) is 13.9 Å². The van der Waals surface area contributed by atoms with Crippen molar-refractivity contribution in [2.24, 2.45) is 0 Å². The molecule has 0 aliphatic heterocycles. The van der Waals surface area contributed by atoms with Crippen LogP contribution in [0.1, 0.15) is 18.9 Å². The van der Waals surface area contributed by atoms with Gasteiger partial charge in [0.05, 0.1) is 10.6 Å². The third-order valence-electron chi connectivity index (χ3n) is 5.66. The second-order valence-corrected chi connectivity index (χ2v) is 10.2. The first kappa shape index (κ1) is 27.2. The van der Waals surface area contributed by atoms with Gasteiger partial charge in [-0.25, -0.2) is 12.8 Å². The van der Waals surface area contributed by atoms with E-state index in [-0.39, 0.29) is 23.5 Å². The lowest BCUT2D eigenvalue weighted by Crippen LogP contribution is -2.51. The Labute approximate surface area is 215 Å². The van der Waals surface area contributed by atoms with Crippen LogP contribution in [0.15, 0.2) is 83.8 Å². The summed E-state index contributed by atoms with van der Waals surface area (Å²) in [6, 6.07) is 18.7. The number of amides is 2. The highest BCUT2D eigenvalue weighted by atomic mass is 35.5. The lowest BCUT2D eigenvalue weighted by atomic mass is 10.1. The summed E-state index contributed by atoms with van der Waals surface area (Å²) in [7, 11) is -2.87. The number of benzene rings is 3. The summed E-state index contributed by atoms with van der Waals surface area (Å²) in [6.45, 7) is 0.971. The minimum absolute atomic E-state index is 0.0407. The molecule has 2 amide bonds. The van der Waals surface area contributed by atoms with Crippen molar-refractivity contribution < 1.29 is 22.4 Å². The van der Waals surface area contributed by atoms with Crippen LogP contribution >= 0.6 is 11.6 Å². The first-order valence-corrected chi connectivity index (χ1v) is 13.1. The SMILES string of the molecule is CC[C@@H](C(=O)NC)N(Cc1ccccc1Cl)C(=O)CN(c1ccccc1F)S(=O)(=O)c1ccccc1. The Bertz CT molecular complexity index is 1320. The van der Waals surface area contributed by atoms with E-state index in [0.29, 0.717) is 10.6 Å². The fourth-order valence-corrected chi connectivity index (χ4v) is 5.42. The van der Waals surface area contributed by atoms with E-state index in [4.69, 9.17) is 11.6 Å². The van der Waals surface area contributed by atoms with Crippen molar-refractivity contribution in [2.75, 3.05) is 17.9 Å². The van der Waals surface area contributed by atoms with E-state index in [1.165, 1.54) is 54.4 Å². The summed E-state index contributed by atoms with van der Waals surface area (Å²) >= 11 is 6.31. The van der Waals surface area contributed by atoms with Gasteiger partial charge in [-0.2, -0.15) is 0 Å². The number of halogens is 2. The Morgan fingerprint density at radius 3 is 2.19 bits per heavy atom. The molecule has 0 heterocycles. The van der Waals surface area contributed by atoms with Crippen LogP contribution in [0.4, 0.5) is 10.1 Å². The monoisotopic (exact) mass is 531 g/mol. The van der Waals surface area contributed by atoms with E-state index in [1.54, 1.807) is 37.3 Å². The molecule has 0 radical (unpaired) electrons. The Kier molecular flexibility index (Phi) is 9.06. The highest BCUT2D eigenvalue weighted by Gasteiger charge is 2.34. The second kappa shape index (κ2) is 12.0. The topological polar surface area (TPSA) is 86.8 Å². The number of para-hydroxylation sites is 1. The van der Waals surface area contributed by atoms with E-state index in [1.807, 2.05) is 0 Å². The second-order valence-electron chi connectivity index (χ2n) is 7.93. The lowest BCUT2D eigenvalue weighted by Gasteiger charge is -2.33. The van der Waals surface area contributed by atoms with E-state index in [9.17, 15) is 22.4 Å². The minimum atomic E-state index is -4.33. The maximum Gasteiger partial charge on any atom is 0.264 e. The number of rotatable bonds is 10. The van der Waals surface area contributed by atoms with Crippen molar-refractivity contribution in [1.82, 2.24) is 10.2 Å². The number of hydrogen-bond acceptors (Lipinski definition) is 4. The smallest absolute Gasteiger partial charge is 0.264 e. The van der Waals surface area contributed by atoms with Crippen LogP contribution in [0, 0.1) is 5.82 Å². The molecule has 7 nitrogen and oxygen atoms in total. The molecule has 0 saturated carbocycles. The number of carbonyl (C=O) groups excluding carboxylic acids is 2. The molecule has 3 rings (SSSR count). The molecule has 0 aliphatic rings. The summed E-state index contributed by atoms with van der Waals surface area (Å²) < 4.78 is 42.7. The number of hydrogen-bond donors (Lipinski definition) is 1. The molecular weight excluding hydrogens is 505 g/mol. The van der Waals surface area contributed by atoms with Crippen LogP contribution in [0.3, 0.4) is 0 Å². The molecular formula is C26H27ClFN3O4S. The van der Waals surface area contributed by atoms with Crippen LogP contribution in [-0.4, -0.2) is 44.8 Å². The average Bonchev–Trinajstić information content (AvgIpc) is 2.88. The van der Waals surface area contributed by atoms with Gasteiger partial charge in [-0.15, -0.1) is 0 Å². The van der Waals surface area contributed by atoms with Gasteiger partial charge in [-0.1, -0.05) is 67.1 Å². The van der Waals surface area contributed by atoms with Crippen molar-refractivity contribution in [1.29, 1.82) is 0 Å². The average molecular weight is 532 g/mol. The van der Waals surface area contributed by atoms with Crippen LogP contribution in [0.5, 0.6) is 0 Å². The van der Waals surface area contributed by atoms with Crippen molar-refractivity contribution in [3.8, 4) is 0 Å². The molecule has 1 N–H and O–H groups in total. The fraction of sp³-hybridized carbons (Fsp3) is 0.231. The summed E-state index contributed by atoms with van der Waals surface area (Å²) in [4.78, 5) is 27.6. The van der Waals surface area contributed by atoms with Gasteiger partial charge >= 0.3 is 0 Å². The molecule has 190 valence electrons. The third-order valence-corrected chi connectivity index (χ3v) is 7.80. The molecule has 0 fully saturated rings. The van der Waals surface area contributed by atoms with Crippen molar-refractivity contribution >= 4 is 39.1 Å². The third kappa shape index (κ3) is 6.03. The molecule has 10 heteroatoms. The quantitative estimate of drug-likeness (QED) is 0.424. The zero-order chi connectivity index (χ0) is 26.3. The van der Waals surface area contributed by atoms with Crippen molar-refractivity contribution in [2.45, 2.75) is 30.8 Å². The summed E-state index contributed by atoms with van der Waals surface area (Å²) in [5, 5.41) is 2.94. The minimum Gasteiger partial charge on any atom is -0.357 e. The van der Waals surface area contributed by atoms with E-state index in [2.05, 4.69) is 5.32 Å². The van der Waals surface area contributed by atoms with E-state index < -0.39 is 40.2 Å². The fourth-order valence-electron chi connectivity index (χ4n) is 3.78. The predicted molar refractivity (Wildman–Crippen MR) is 138 cm³/mol. The van der Waals surface area contributed by atoms with Gasteiger partial charge in [0.25, 0.3) is 10.0 Å². The molecule has 36 heavy (non-hydrogen) atoms. The zero-order valence-electron chi connectivity index (χ0n) is 19.9. The standard InChI is InChI=1S/C26H27ClFN3O4S/c1-3-23(26(33)29-2)30(17-19-11-7-8-14-21(19)27)25(32)18-31(24-16-10-9-15-22(24)28)36(34,35)20-12-5-4-6-13-20/h4-16,23H,3,17-18H2,1-2H3,(H,29,33)/t23-/m0/s1. The number of likely N-dealkylation sites (N-methyl/N-ethyl adjacent to an activating group) is 1. The summed E-state index contributed by atoms with van der Waals surface area (Å²) in [5.74, 6) is -1.91. The van der Waals surface area contributed by atoms with Crippen LogP contribution < -0.4 is 9.62 Å². The maximum atomic E-state index is 14.8. The lowest BCUT2D eigenvalue weighted by molar-refractivity contribution is -0.140. The van der Waals surface area contributed by atoms with Gasteiger partial charge in [0, 0.05) is 18.6 Å². The molecule has 1 atom stereocenters. The zero-order valence-corrected chi connectivity index (χ0v) is 21.5. The summed E-state index contributed by atoms with van der Waals surface area (Å²) in [6.07, 6.45) is 0.265. The Balaban J connectivity index is 2.08. The molecule has 3 aromatic rings. The number of carbonyl (C=O) groups is 2. The van der Waals surface area contributed by atoms with Crippen LogP contribution in [0.25, 0.3) is 0 Å². The van der Waals surface area contributed by atoms with E-state index >= 15 is 0 Å². The highest BCUT2D eigenvalue weighted by Crippen LogP contribution is 2.27. The van der Waals surface area contributed by atoms with Crippen molar-refractivity contribution in [3.63, 3.8) is 0 Å². The number of anilines is 1. The van der Waals surface area contributed by atoms with Gasteiger partial charge in [0.2, 0.25) is 11.8 Å². The maximum absolute atomic E-state index is 14.8. The van der Waals surface area contributed by atoms with Crippen LogP contribution in [0.2, 0.25) is 5.02 Å². The summed E-state index contributed by atoms with van der Waals surface area (Å²) in [5.41, 5.74) is 0.304.